The van der Waals surface area contributed by atoms with E-state index < -0.39 is 6.04 Å². The molecule has 3 N–H and O–H groups in total. The minimum absolute atomic E-state index is 0.0535. The number of hydrogen-bond acceptors (Lipinski definition) is 4. The van der Waals surface area contributed by atoms with E-state index >= 15 is 0 Å². The summed E-state index contributed by atoms with van der Waals surface area (Å²) in [5.74, 6) is 0.0535. The molecule has 1 aromatic carbocycles. The lowest BCUT2D eigenvalue weighted by molar-refractivity contribution is -0.134. The molecule has 25 heavy (non-hydrogen) atoms. The van der Waals surface area contributed by atoms with Crippen LogP contribution < -0.4 is 11.1 Å². The van der Waals surface area contributed by atoms with Crippen LogP contribution in [0.15, 0.2) is 47.2 Å². The number of thiophene rings is 1. The van der Waals surface area contributed by atoms with Crippen molar-refractivity contribution in [3.63, 3.8) is 0 Å². The van der Waals surface area contributed by atoms with Crippen molar-refractivity contribution in [1.82, 2.24) is 10.2 Å². The van der Waals surface area contributed by atoms with Crippen molar-refractivity contribution in [3.8, 4) is 0 Å². The first kappa shape index (κ1) is 16.8. The summed E-state index contributed by atoms with van der Waals surface area (Å²) in [7, 11) is 0. The molecule has 1 aliphatic carbocycles. The summed E-state index contributed by atoms with van der Waals surface area (Å²) in [5, 5.41) is 7.64. The highest BCUT2D eigenvalue weighted by Crippen LogP contribution is 2.56. The Balaban J connectivity index is 1.56. The van der Waals surface area contributed by atoms with Crippen LogP contribution in [-0.2, 0) is 11.3 Å². The Morgan fingerprint density at radius 3 is 2.72 bits per heavy atom. The van der Waals surface area contributed by atoms with E-state index in [0.717, 1.165) is 37.9 Å². The summed E-state index contributed by atoms with van der Waals surface area (Å²) in [5.41, 5.74) is 8.76. The minimum atomic E-state index is -0.584. The van der Waals surface area contributed by atoms with Crippen molar-refractivity contribution in [3.05, 3.63) is 58.3 Å². The maximum atomic E-state index is 13.3. The summed E-state index contributed by atoms with van der Waals surface area (Å²) >= 11 is 1.68. The van der Waals surface area contributed by atoms with Gasteiger partial charge in [-0.3, -0.25) is 4.79 Å². The molecule has 0 radical (unpaired) electrons. The Bertz CT molecular complexity index is 710. The van der Waals surface area contributed by atoms with Crippen molar-refractivity contribution in [1.29, 1.82) is 0 Å². The second kappa shape index (κ2) is 6.90. The molecule has 2 fully saturated rings. The summed E-state index contributed by atoms with van der Waals surface area (Å²) in [6.45, 7) is 2.78. The summed E-state index contributed by atoms with van der Waals surface area (Å²) < 4.78 is 0. The number of amides is 1. The van der Waals surface area contributed by atoms with Crippen molar-refractivity contribution < 1.29 is 4.79 Å². The third kappa shape index (κ3) is 3.36. The SMILES string of the molecule is N[C@H](C(=O)N(Cc1ccsc1)[C@H]1CC12CCNCC2)c1ccccc1. The first-order valence-electron chi connectivity index (χ1n) is 9.02. The molecule has 5 heteroatoms. The molecule has 0 bridgehead atoms. The van der Waals surface area contributed by atoms with Gasteiger partial charge in [-0.15, -0.1) is 0 Å². The Kier molecular flexibility index (Phi) is 4.63. The fourth-order valence-electron chi connectivity index (χ4n) is 4.13. The van der Waals surface area contributed by atoms with Gasteiger partial charge in [0.15, 0.2) is 0 Å². The van der Waals surface area contributed by atoms with E-state index in [4.69, 9.17) is 5.73 Å². The van der Waals surface area contributed by atoms with Gasteiger partial charge >= 0.3 is 0 Å². The zero-order valence-electron chi connectivity index (χ0n) is 14.4. The van der Waals surface area contributed by atoms with E-state index in [0.29, 0.717) is 18.0 Å². The Hall–Kier alpha value is -1.69. The van der Waals surface area contributed by atoms with E-state index in [1.54, 1.807) is 11.3 Å². The summed E-state index contributed by atoms with van der Waals surface area (Å²) in [4.78, 5) is 15.3. The van der Waals surface area contributed by atoms with Gasteiger partial charge in [0, 0.05) is 12.6 Å². The van der Waals surface area contributed by atoms with Crippen LogP contribution in [0.25, 0.3) is 0 Å². The van der Waals surface area contributed by atoms with Crippen molar-refractivity contribution in [2.24, 2.45) is 11.1 Å². The van der Waals surface area contributed by atoms with Crippen LogP contribution in [0, 0.1) is 5.41 Å². The maximum Gasteiger partial charge on any atom is 0.244 e. The topological polar surface area (TPSA) is 58.4 Å². The number of nitrogens with zero attached hydrogens (tertiary/aromatic N) is 1. The highest BCUT2D eigenvalue weighted by atomic mass is 32.1. The van der Waals surface area contributed by atoms with Gasteiger partial charge in [0.1, 0.15) is 6.04 Å². The van der Waals surface area contributed by atoms with E-state index in [1.165, 1.54) is 5.56 Å². The lowest BCUT2D eigenvalue weighted by Gasteiger charge is -2.31. The van der Waals surface area contributed by atoms with Crippen LogP contribution in [0.5, 0.6) is 0 Å². The monoisotopic (exact) mass is 355 g/mol. The molecule has 132 valence electrons. The highest BCUT2D eigenvalue weighted by Gasteiger charge is 2.58. The lowest BCUT2D eigenvalue weighted by Crippen LogP contribution is -2.43. The highest BCUT2D eigenvalue weighted by molar-refractivity contribution is 7.07. The molecule has 2 aliphatic rings. The van der Waals surface area contributed by atoms with Gasteiger partial charge in [0.2, 0.25) is 5.91 Å². The van der Waals surface area contributed by atoms with Crippen molar-refractivity contribution >= 4 is 17.2 Å². The molecule has 1 aromatic heterocycles. The molecular formula is C20H25N3OS. The molecule has 1 saturated heterocycles. The van der Waals surface area contributed by atoms with Gasteiger partial charge in [-0.2, -0.15) is 11.3 Å². The molecule has 1 saturated carbocycles. The van der Waals surface area contributed by atoms with Gasteiger partial charge in [-0.25, -0.2) is 0 Å². The third-order valence-corrected chi connectivity index (χ3v) is 6.50. The van der Waals surface area contributed by atoms with Gasteiger partial charge < -0.3 is 16.0 Å². The summed E-state index contributed by atoms with van der Waals surface area (Å²) in [6, 6.07) is 11.6. The molecule has 0 unspecified atom stereocenters. The van der Waals surface area contributed by atoms with Gasteiger partial charge in [0.25, 0.3) is 0 Å². The average molecular weight is 356 g/mol. The van der Waals surface area contributed by atoms with Crippen LogP contribution >= 0.6 is 11.3 Å². The number of carbonyl (C=O) groups is 1. The molecule has 1 spiro atoms. The normalized spacial score (nSPS) is 22.5. The number of carbonyl (C=O) groups excluding carboxylic acids is 1. The number of piperidine rings is 1. The molecule has 2 aromatic rings. The lowest BCUT2D eigenvalue weighted by atomic mass is 9.93. The largest absolute Gasteiger partial charge is 0.333 e. The predicted octanol–water partition coefficient (Wildman–Crippen LogP) is 2.92. The molecule has 2 heterocycles. The molecule has 4 rings (SSSR count). The van der Waals surface area contributed by atoms with Crippen LogP contribution in [0.2, 0.25) is 0 Å². The smallest absolute Gasteiger partial charge is 0.244 e. The minimum Gasteiger partial charge on any atom is -0.333 e. The number of rotatable bonds is 5. The maximum absolute atomic E-state index is 13.3. The molecular weight excluding hydrogens is 330 g/mol. The third-order valence-electron chi connectivity index (χ3n) is 5.76. The average Bonchev–Trinajstić information content (AvgIpc) is 3.08. The first-order valence-corrected chi connectivity index (χ1v) is 9.97. The fourth-order valence-corrected chi connectivity index (χ4v) is 4.79. The van der Waals surface area contributed by atoms with Crippen molar-refractivity contribution in [2.45, 2.75) is 37.9 Å². The van der Waals surface area contributed by atoms with E-state index in [1.807, 2.05) is 30.3 Å². The van der Waals surface area contributed by atoms with Gasteiger partial charge in [-0.05, 0) is 65.7 Å². The standard InChI is InChI=1S/C20H25N3OS/c21-18(16-4-2-1-3-5-16)19(24)23(13-15-6-11-25-14-15)17-12-20(17)7-9-22-10-8-20/h1-6,11,14,17-18,22H,7-10,12-13,21H2/t17-,18-/m0/s1. The molecule has 1 amide bonds. The van der Waals surface area contributed by atoms with E-state index in [9.17, 15) is 4.79 Å². The van der Waals surface area contributed by atoms with E-state index in [2.05, 4.69) is 27.0 Å². The zero-order valence-corrected chi connectivity index (χ0v) is 15.2. The number of hydrogen-bond donors (Lipinski definition) is 2. The van der Waals surface area contributed by atoms with E-state index in [-0.39, 0.29) is 5.91 Å². The number of nitrogens with one attached hydrogen (secondary N) is 1. The zero-order chi connectivity index (χ0) is 17.3. The van der Waals surface area contributed by atoms with Crippen LogP contribution in [-0.4, -0.2) is 29.9 Å². The molecule has 1 aliphatic heterocycles. The van der Waals surface area contributed by atoms with Crippen LogP contribution in [0.1, 0.15) is 36.4 Å². The van der Waals surface area contributed by atoms with Gasteiger partial charge in [0.05, 0.1) is 0 Å². The molecule has 4 nitrogen and oxygen atoms in total. The quantitative estimate of drug-likeness (QED) is 0.867. The number of nitrogens with two attached hydrogens (primary N) is 1. The van der Waals surface area contributed by atoms with Gasteiger partial charge in [-0.1, -0.05) is 30.3 Å². The Morgan fingerprint density at radius 2 is 2.04 bits per heavy atom. The summed E-state index contributed by atoms with van der Waals surface area (Å²) in [6.07, 6.45) is 3.43. The fraction of sp³-hybridized carbons (Fsp3) is 0.450. The molecule has 2 atom stereocenters. The Labute approximate surface area is 153 Å². The second-order valence-corrected chi connectivity index (χ2v) is 8.10. The first-order chi connectivity index (χ1) is 12.2. The van der Waals surface area contributed by atoms with Crippen LogP contribution in [0.3, 0.4) is 0 Å². The second-order valence-electron chi connectivity index (χ2n) is 7.32. The number of benzene rings is 1. The van der Waals surface area contributed by atoms with Crippen LogP contribution in [0.4, 0.5) is 0 Å². The predicted molar refractivity (Wildman–Crippen MR) is 101 cm³/mol. The Morgan fingerprint density at radius 1 is 1.28 bits per heavy atom. The van der Waals surface area contributed by atoms with Crippen molar-refractivity contribution in [2.75, 3.05) is 13.1 Å².